The van der Waals surface area contributed by atoms with Gasteiger partial charge >= 0.3 is 10.1 Å². The molecule has 2 N–H and O–H groups in total. The van der Waals surface area contributed by atoms with Crippen molar-refractivity contribution < 1.29 is 41.4 Å². The second-order valence-corrected chi connectivity index (χ2v) is 12.7. The maximum absolute atomic E-state index is 13.5. The molecule has 2 aliphatic rings. The SMILES string of the molecule is COc1cc(C[C@@H]2NC(=O)[C@@H]3Cc4c(O)c(C)c(OC)c(OC)c4[C@H]2N3C)c(OS(=O)(=O)c2ccc(C)cc2)c(C)c1OC. The molecule has 1 fully saturated rings. The summed E-state index contributed by atoms with van der Waals surface area (Å²) in [5, 5.41) is 14.4. The van der Waals surface area contributed by atoms with Gasteiger partial charge in [0.2, 0.25) is 5.91 Å². The van der Waals surface area contributed by atoms with Gasteiger partial charge < -0.3 is 33.6 Å². The highest BCUT2D eigenvalue weighted by atomic mass is 32.2. The summed E-state index contributed by atoms with van der Waals surface area (Å²) in [5.41, 5.74) is 3.64. The molecule has 1 amide bonds. The normalized spacial score (nSPS) is 19.5. The number of benzene rings is 3. The third-order valence-electron chi connectivity index (χ3n) is 8.67. The van der Waals surface area contributed by atoms with Crippen LogP contribution in [0.2, 0.25) is 0 Å². The molecule has 3 aromatic rings. The Balaban J connectivity index is 1.67. The number of rotatable bonds is 9. The van der Waals surface area contributed by atoms with E-state index in [1.54, 1.807) is 32.0 Å². The Morgan fingerprint density at radius 3 is 2.14 bits per heavy atom. The minimum absolute atomic E-state index is 0.000614. The molecule has 44 heavy (non-hydrogen) atoms. The van der Waals surface area contributed by atoms with Crippen molar-refractivity contribution in [1.29, 1.82) is 0 Å². The number of piperazine rings is 1. The molecule has 11 nitrogen and oxygen atoms in total. The second kappa shape index (κ2) is 11.7. The molecule has 3 atom stereocenters. The first-order valence-electron chi connectivity index (χ1n) is 14.1. The summed E-state index contributed by atoms with van der Waals surface area (Å²) in [5.74, 6) is 1.50. The number of ether oxygens (including phenoxy) is 4. The van der Waals surface area contributed by atoms with Crippen LogP contribution in [0, 0.1) is 20.8 Å². The summed E-state index contributed by atoms with van der Waals surface area (Å²) < 4.78 is 55.5. The van der Waals surface area contributed by atoms with Crippen molar-refractivity contribution in [1.82, 2.24) is 10.2 Å². The molecule has 0 spiro atoms. The lowest BCUT2D eigenvalue weighted by molar-refractivity contribution is -0.133. The molecule has 2 aliphatic heterocycles. The third-order valence-corrected chi connectivity index (χ3v) is 9.91. The molecule has 12 heteroatoms. The van der Waals surface area contributed by atoms with Crippen LogP contribution >= 0.6 is 0 Å². The van der Waals surface area contributed by atoms with Crippen molar-refractivity contribution in [3.8, 4) is 34.5 Å². The summed E-state index contributed by atoms with van der Waals surface area (Å²) >= 11 is 0. The minimum atomic E-state index is -4.24. The van der Waals surface area contributed by atoms with E-state index in [4.69, 9.17) is 23.1 Å². The summed E-state index contributed by atoms with van der Waals surface area (Å²) in [6.45, 7) is 5.30. The fourth-order valence-corrected chi connectivity index (χ4v) is 7.48. The van der Waals surface area contributed by atoms with Crippen molar-refractivity contribution in [2.45, 2.75) is 56.6 Å². The van der Waals surface area contributed by atoms with Crippen LogP contribution in [0.4, 0.5) is 0 Å². The molecule has 5 rings (SSSR count). The molecule has 0 saturated carbocycles. The molecular weight excluding hydrogens is 588 g/mol. The first-order valence-corrected chi connectivity index (χ1v) is 15.5. The number of carbonyl (C=O) groups is 1. The molecule has 3 aromatic carbocycles. The number of carbonyl (C=O) groups excluding carboxylic acids is 1. The number of likely N-dealkylation sites (N-methyl/N-ethyl adjacent to an activating group) is 1. The Bertz CT molecular complexity index is 1720. The summed E-state index contributed by atoms with van der Waals surface area (Å²) in [6.07, 6.45) is 0.430. The number of amides is 1. The van der Waals surface area contributed by atoms with Crippen LogP contribution in [0.15, 0.2) is 35.2 Å². The maximum atomic E-state index is 13.5. The van der Waals surface area contributed by atoms with Gasteiger partial charge in [-0.25, -0.2) is 0 Å². The lowest BCUT2D eigenvalue weighted by atomic mass is 9.78. The van der Waals surface area contributed by atoms with Crippen molar-refractivity contribution in [3.63, 3.8) is 0 Å². The summed E-state index contributed by atoms with van der Waals surface area (Å²) in [7, 11) is 3.62. The van der Waals surface area contributed by atoms with Crippen molar-refractivity contribution in [3.05, 3.63) is 63.7 Å². The van der Waals surface area contributed by atoms with Crippen molar-refractivity contribution in [2.75, 3.05) is 35.5 Å². The number of nitrogens with one attached hydrogen (secondary N) is 1. The van der Waals surface area contributed by atoms with Crippen LogP contribution in [0.3, 0.4) is 0 Å². The van der Waals surface area contributed by atoms with Gasteiger partial charge in [-0.1, -0.05) is 17.7 Å². The maximum Gasteiger partial charge on any atom is 0.339 e. The predicted octanol–water partition coefficient (Wildman–Crippen LogP) is 3.76. The molecular formula is C32H38N2O9S. The molecule has 0 unspecified atom stereocenters. The third kappa shape index (κ3) is 5.05. The molecule has 236 valence electrons. The second-order valence-electron chi connectivity index (χ2n) is 11.2. The van der Waals surface area contributed by atoms with Crippen LogP contribution in [0.25, 0.3) is 0 Å². The monoisotopic (exact) mass is 626 g/mol. The number of aryl methyl sites for hydroxylation is 1. The van der Waals surface area contributed by atoms with Gasteiger partial charge in [0.1, 0.15) is 10.6 Å². The van der Waals surface area contributed by atoms with Gasteiger partial charge in [-0.15, -0.1) is 0 Å². The average Bonchev–Trinajstić information content (AvgIpc) is 2.99. The summed E-state index contributed by atoms with van der Waals surface area (Å²) in [4.78, 5) is 15.4. The first-order chi connectivity index (χ1) is 20.9. The molecule has 2 heterocycles. The highest BCUT2D eigenvalue weighted by Gasteiger charge is 2.48. The number of phenolic OH excluding ortho intramolecular Hbond substituents is 1. The Hall–Kier alpha value is -4.16. The Kier molecular flexibility index (Phi) is 8.34. The van der Waals surface area contributed by atoms with Crippen LogP contribution in [-0.4, -0.2) is 71.9 Å². The molecule has 0 radical (unpaired) electrons. The fraction of sp³-hybridized carbons (Fsp3) is 0.406. The number of methoxy groups -OCH3 is 4. The van der Waals surface area contributed by atoms with Crippen LogP contribution < -0.4 is 28.4 Å². The summed E-state index contributed by atoms with van der Waals surface area (Å²) in [6, 6.07) is 6.45. The number of phenols is 1. The van der Waals surface area contributed by atoms with Gasteiger partial charge in [0.25, 0.3) is 0 Å². The van der Waals surface area contributed by atoms with Crippen molar-refractivity contribution >= 4 is 16.0 Å². The van der Waals surface area contributed by atoms with Gasteiger partial charge in [-0.3, -0.25) is 9.69 Å². The average molecular weight is 627 g/mol. The van der Waals surface area contributed by atoms with Gasteiger partial charge in [0.05, 0.1) is 46.6 Å². The van der Waals surface area contributed by atoms with E-state index in [1.807, 2.05) is 18.9 Å². The number of hydrogen-bond donors (Lipinski definition) is 2. The van der Waals surface area contributed by atoms with Crippen LogP contribution in [-0.2, 0) is 27.8 Å². The minimum Gasteiger partial charge on any atom is -0.507 e. The standard InChI is InChI=1S/C32H38N2O9S/c1-16-9-11-20(12-10-16)44(37,38)43-28-18(3)29(40-6)24(39-5)14-19(28)13-22-26-25-21(15-23(34(26)4)32(36)33-22)27(35)17(2)30(41-7)31(25)42-8/h9-12,14,22-23,26,35H,13,15H2,1-8H3,(H,33,36)/t22-,23-,26-/m0/s1. The Morgan fingerprint density at radius 1 is 0.909 bits per heavy atom. The fourth-order valence-electron chi connectivity index (χ4n) is 6.47. The largest absolute Gasteiger partial charge is 0.507 e. The van der Waals surface area contributed by atoms with Gasteiger partial charge in [-0.2, -0.15) is 8.42 Å². The number of fused-ring (bicyclic) bond motifs is 4. The lowest BCUT2D eigenvalue weighted by Crippen LogP contribution is -2.63. The van der Waals surface area contributed by atoms with E-state index in [1.165, 1.54) is 40.6 Å². The smallest absolute Gasteiger partial charge is 0.339 e. The van der Waals surface area contributed by atoms with E-state index in [-0.39, 0.29) is 35.1 Å². The highest BCUT2D eigenvalue weighted by Crippen LogP contribution is 2.52. The van der Waals surface area contributed by atoms with Crippen LogP contribution in [0.1, 0.15) is 39.4 Å². The van der Waals surface area contributed by atoms with Gasteiger partial charge in [0.15, 0.2) is 28.7 Å². The Morgan fingerprint density at radius 2 is 1.55 bits per heavy atom. The topological polar surface area (TPSA) is 133 Å². The van der Waals surface area contributed by atoms with Gasteiger partial charge in [0, 0.05) is 34.2 Å². The Labute approximate surface area is 257 Å². The number of aromatic hydroxyl groups is 1. The van der Waals surface area contributed by atoms with E-state index in [2.05, 4.69) is 5.32 Å². The van der Waals surface area contributed by atoms with E-state index in [0.717, 1.165) is 5.56 Å². The van der Waals surface area contributed by atoms with Crippen LogP contribution in [0.5, 0.6) is 34.5 Å². The lowest BCUT2D eigenvalue weighted by Gasteiger charge is -2.49. The van der Waals surface area contributed by atoms with Gasteiger partial charge in [-0.05, 0) is 52.4 Å². The van der Waals surface area contributed by atoms with E-state index >= 15 is 0 Å². The zero-order valence-electron chi connectivity index (χ0n) is 26.1. The van der Waals surface area contributed by atoms with E-state index in [0.29, 0.717) is 50.8 Å². The molecule has 2 bridgehead atoms. The number of nitrogens with zero attached hydrogens (tertiary/aromatic N) is 1. The first kappa shape index (κ1) is 31.3. The zero-order chi connectivity index (χ0) is 32.1. The quantitative estimate of drug-likeness (QED) is 0.339. The molecule has 0 aromatic heterocycles. The number of hydrogen-bond acceptors (Lipinski definition) is 10. The highest BCUT2D eigenvalue weighted by molar-refractivity contribution is 7.87. The van der Waals surface area contributed by atoms with E-state index in [9.17, 15) is 18.3 Å². The van der Waals surface area contributed by atoms with Crippen molar-refractivity contribution in [2.24, 2.45) is 0 Å². The van der Waals surface area contributed by atoms with E-state index < -0.39 is 28.2 Å². The molecule has 1 saturated heterocycles. The predicted molar refractivity (Wildman–Crippen MR) is 163 cm³/mol. The zero-order valence-corrected chi connectivity index (χ0v) is 26.9. The molecule has 0 aliphatic carbocycles.